The predicted octanol–water partition coefficient (Wildman–Crippen LogP) is 5.05. The van der Waals surface area contributed by atoms with E-state index in [1.165, 1.54) is 4.57 Å². The first kappa shape index (κ1) is 18.6. The van der Waals surface area contributed by atoms with E-state index in [9.17, 15) is 14.7 Å². The molecule has 0 spiro atoms. The van der Waals surface area contributed by atoms with Gasteiger partial charge in [0.05, 0.1) is 16.7 Å². The average molecular weight is 436 g/mol. The molecule has 3 aromatic heterocycles. The number of carboxylic acid groups (broad SMARTS) is 1. The lowest BCUT2D eigenvalue weighted by molar-refractivity contribution is 0.0701. The molecule has 0 unspecified atom stereocenters. The highest BCUT2D eigenvalue weighted by atomic mass is 35.5. The van der Waals surface area contributed by atoms with Gasteiger partial charge in [-0.2, -0.15) is 0 Å². The number of fused-ring (bicyclic) bond motifs is 2. The van der Waals surface area contributed by atoms with Gasteiger partial charge in [0.15, 0.2) is 5.15 Å². The Morgan fingerprint density at radius 2 is 1.87 bits per heavy atom. The first-order chi connectivity index (χ1) is 14.5. The number of thiophene rings is 1. The number of benzene rings is 2. The molecule has 0 atom stereocenters. The molecule has 0 radical (unpaired) electrons. The van der Waals surface area contributed by atoms with E-state index >= 15 is 0 Å². The number of carboxylic acids is 1. The molecule has 8 heteroatoms. The van der Waals surface area contributed by atoms with Crippen LogP contribution < -0.4 is 5.56 Å². The lowest BCUT2D eigenvalue weighted by atomic mass is 10.2. The highest BCUT2D eigenvalue weighted by molar-refractivity contribution is 7.20. The zero-order valence-electron chi connectivity index (χ0n) is 15.7. The number of hydrogen-bond acceptors (Lipinski definition) is 4. The molecule has 0 aliphatic carbocycles. The number of nitrogens with zero attached hydrogens (tertiary/aromatic N) is 3. The Hall–Kier alpha value is -3.42. The highest BCUT2D eigenvalue weighted by Crippen LogP contribution is 2.32. The van der Waals surface area contributed by atoms with Gasteiger partial charge in [0.2, 0.25) is 0 Å². The molecule has 0 saturated carbocycles. The number of aromatic nitrogens is 3. The molecule has 148 valence electrons. The fraction of sp³-hybridized carbons (Fsp3) is 0.0455. The van der Waals surface area contributed by atoms with Crippen molar-refractivity contribution in [1.29, 1.82) is 0 Å². The summed E-state index contributed by atoms with van der Waals surface area (Å²) < 4.78 is 3.48. The number of para-hydroxylation sites is 1. The van der Waals surface area contributed by atoms with Crippen molar-refractivity contribution in [2.24, 2.45) is 0 Å². The van der Waals surface area contributed by atoms with Crippen molar-refractivity contribution in [1.82, 2.24) is 14.1 Å². The number of carbonyl (C=O) groups is 1. The summed E-state index contributed by atoms with van der Waals surface area (Å²) in [7, 11) is 0. The lowest BCUT2D eigenvalue weighted by Gasteiger charge is -2.11. The predicted molar refractivity (Wildman–Crippen MR) is 119 cm³/mol. The molecule has 5 aromatic rings. The van der Waals surface area contributed by atoms with Crippen LogP contribution in [0.15, 0.2) is 65.6 Å². The molecule has 0 fully saturated rings. The van der Waals surface area contributed by atoms with Gasteiger partial charge in [-0.05, 0) is 37.3 Å². The van der Waals surface area contributed by atoms with Gasteiger partial charge in [-0.25, -0.2) is 9.78 Å². The summed E-state index contributed by atoms with van der Waals surface area (Å²) in [6.07, 6.45) is 1.97. The summed E-state index contributed by atoms with van der Waals surface area (Å²) in [6.45, 7) is 1.68. The Kier molecular flexibility index (Phi) is 4.23. The average Bonchev–Trinajstić information content (AvgIpc) is 3.30. The number of aromatic carboxylic acids is 1. The smallest absolute Gasteiger partial charge is 0.346 e. The number of halogens is 1. The van der Waals surface area contributed by atoms with Crippen molar-refractivity contribution in [3.05, 3.63) is 86.7 Å². The van der Waals surface area contributed by atoms with Crippen LogP contribution in [0.3, 0.4) is 0 Å². The van der Waals surface area contributed by atoms with E-state index in [1.807, 2.05) is 65.4 Å². The van der Waals surface area contributed by atoms with Crippen molar-refractivity contribution in [3.63, 3.8) is 0 Å². The standard InChI is InChI=1S/C22H14ClN3O3S/c1-12-17-20(30-18(12)22(28)29)24-19(23)21(27)26(17)15-8-7-13-9-10-25(16(13)11-15)14-5-3-2-4-6-14/h2-11H,1H3,(H,28,29). The van der Waals surface area contributed by atoms with Gasteiger partial charge in [0, 0.05) is 22.8 Å². The molecule has 0 saturated heterocycles. The molecule has 2 aromatic carbocycles. The van der Waals surface area contributed by atoms with Crippen LogP contribution in [-0.4, -0.2) is 25.2 Å². The minimum Gasteiger partial charge on any atom is -0.477 e. The maximum Gasteiger partial charge on any atom is 0.346 e. The van der Waals surface area contributed by atoms with Gasteiger partial charge in [0.25, 0.3) is 5.56 Å². The van der Waals surface area contributed by atoms with Gasteiger partial charge in [-0.1, -0.05) is 35.9 Å². The third-order valence-corrected chi connectivity index (χ3v) is 6.47. The van der Waals surface area contributed by atoms with Crippen LogP contribution in [0.4, 0.5) is 0 Å². The maximum atomic E-state index is 13.0. The molecule has 6 nitrogen and oxygen atoms in total. The Morgan fingerprint density at radius 1 is 1.10 bits per heavy atom. The molecule has 0 amide bonds. The van der Waals surface area contributed by atoms with Crippen molar-refractivity contribution in [2.75, 3.05) is 0 Å². The molecular formula is C22H14ClN3O3S. The highest BCUT2D eigenvalue weighted by Gasteiger charge is 2.21. The Bertz CT molecular complexity index is 1520. The van der Waals surface area contributed by atoms with Gasteiger partial charge in [0.1, 0.15) is 9.71 Å². The molecule has 0 aliphatic rings. The van der Waals surface area contributed by atoms with Crippen molar-refractivity contribution in [2.45, 2.75) is 6.92 Å². The van der Waals surface area contributed by atoms with Crippen LogP contribution in [-0.2, 0) is 0 Å². The normalized spacial score (nSPS) is 11.4. The quantitative estimate of drug-likeness (QED) is 0.430. The Labute approximate surface area is 179 Å². The summed E-state index contributed by atoms with van der Waals surface area (Å²) >= 11 is 7.13. The third-order valence-electron chi connectivity index (χ3n) is 5.06. The van der Waals surface area contributed by atoms with E-state index in [1.54, 1.807) is 6.92 Å². The summed E-state index contributed by atoms with van der Waals surface area (Å²) in [5.74, 6) is -1.06. The maximum absolute atomic E-state index is 13.0. The second-order valence-electron chi connectivity index (χ2n) is 6.82. The fourth-order valence-electron chi connectivity index (χ4n) is 3.68. The SMILES string of the molecule is Cc1c(C(=O)O)sc2nc(Cl)c(=O)n(-c3ccc4ccn(-c5ccccc5)c4c3)c12. The molecule has 1 N–H and O–H groups in total. The molecule has 5 rings (SSSR count). The van der Waals surface area contributed by atoms with Gasteiger partial charge < -0.3 is 9.67 Å². The van der Waals surface area contributed by atoms with E-state index in [-0.39, 0.29) is 10.0 Å². The minimum atomic E-state index is -1.06. The topological polar surface area (TPSA) is 77.1 Å². The van der Waals surface area contributed by atoms with E-state index in [0.717, 1.165) is 27.9 Å². The van der Waals surface area contributed by atoms with E-state index < -0.39 is 11.5 Å². The van der Waals surface area contributed by atoms with Crippen molar-refractivity contribution < 1.29 is 9.90 Å². The number of rotatable bonds is 3. The third kappa shape index (κ3) is 2.74. The summed E-state index contributed by atoms with van der Waals surface area (Å²) in [4.78, 5) is 29.2. The second-order valence-corrected chi connectivity index (χ2v) is 8.18. The molecule has 3 heterocycles. The largest absolute Gasteiger partial charge is 0.477 e. The van der Waals surface area contributed by atoms with Gasteiger partial charge in [-0.15, -0.1) is 11.3 Å². The van der Waals surface area contributed by atoms with Gasteiger partial charge in [-0.3, -0.25) is 9.36 Å². The molecule has 0 aliphatic heterocycles. The van der Waals surface area contributed by atoms with Crippen LogP contribution in [0.5, 0.6) is 0 Å². The van der Waals surface area contributed by atoms with Crippen LogP contribution >= 0.6 is 22.9 Å². The number of hydrogen-bond donors (Lipinski definition) is 1. The first-order valence-electron chi connectivity index (χ1n) is 9.07. The Morgan fingerprint density at radius 3 is 2.60 bits per heavy atom. The van der Waals surface area contributed by atoms with Crippen LogP contribution in [0, 0.1) is 6.92 Å². The van der Waals surface area contributed by atoms with Crippen molar-refractivity contribution in [3.8, 4) is 11.4 Å². The van der Waals surface area contributed by atoms with Crippen LogP contribution in [0.2, 0.25) is 5.15 Å². The van der Waals surface area contributed by atoms with E-state index in [4.69, 9.17) is 11.6 Å². The summed E-state index contributed by atoms with van der Waals surface area (Å²) in [6, 6.07) is 17.5. The van der Waals surface area contributed by atoms with Crippen molar-refractivity contribution >= 4 is 50.2 Å². The zero-order chi connectivity index (χ0) is 21.0. The summed E-state index contributed by atoms with van der Waals surface area (Å²) in [5.41, 5.74) is 2.97. The Balaban J connectivity index is 1.83. The van der Waals surface area contributed by atoms with Gasteiger partial charge >= 0.3 is 5.97 Å². The fourth-order valence-corrected chi connectivity index (χ4v) is 4.91. The summed E-state index contributed by atoms with van der Waals surface area (Å²) in [5, 5.41) is 10.3. The van der Waals surface area contributed by atoms with E-state index in [0.29, 0.717) is 21.6 Å². The first-order valence-corrected chi connectivity index (χ1v) is 10.3. The zero-order valence-corrected chi connectivity index (χ0v) is 17.2. The van der Waals surface area contributed by atoms with E-state index in [2.05, 4.69) is 4.98 Å². The minimum absolute atomic E-state index is 0.140. The lowest BCUT2D eigenvalue weighted by Crippen LogP contribution is -2.20. The molecule has 30 heavy (non-hydrogen) atoms. The second kappa shape index (κ2) is 6.83. The monoisotopic (exact) mass is 435 g/mol. The van der Waals surface area contributed by atoms with Crippen LogP contribution in [0.1, 0.15) is 15.2 Å². The van der Waals surface area contributed by atoms with Crippen LogP contribution in [0.25, 0.3) is 32.6 Å². The molecule has 0 bridgehead atoms. The molecular weight excluding hydrogens is 422 g/mol. The number of aryl methyl sites for hydroxylation is 1.